The zero-order valence-electron chi connectivity index (χ0n) is 18.1. The number of guanidine groups is 1. The van der Waals surface area contributed by atoms with Gasteiger partial charge in [-0.1, -0.05) is 24.3 Å². The SMILES string of the molecule is CCOC(=O)N1CCC(NC(N)=NCCc2ccc(Oc3ccccc3)c(F)c2)CC1.I. The van der Waals surface area contributed by atoms with E-state index in [4.69, 9.17) is 15.2 Å². The zero-order valence-corrected chi connectivity index (χ0v) is 20.5. The van der Waals surface area contributed by atoms with Crippen LogP contribution < -0.4 is 15.8 Å². The minimum Gasteiger partial charge on any atom is -0.454 e. The number of hydrogen-bond donors (Lipinski definition) is 2. The molecule has 0 saturated carbocycles. The molecule has 0 atom stereocenters. The second kappa shape index (κ2) is 13.1. The lowest BCUT2D eigenvalue weighted by Gasteiger charge is -2.31. The van der Waals surface area contributed by atoms with Crippen LogP contribution in [0.15, 0.2) is 53.5 Å². The Labute approximate surface area is 205 Å². The highest BCUT2D eigenvalue weighted by Crippen LogP contribution is 2.25. The van der Waals surface area contributed by atoms with Gasteiger partial charge in [0.1, 0.15) is 5.75 Å². The Balaban J connectivity index is 0.00000363. The molecule has 1 heterocycles. The first-order chi connectivity index (χ1) is 15.0. The van der Waals surface area contributed by atoms with Gasteiger partial charge in [-0.25, -0.2) is 9.18 Å². The molecule has 0 aromatic heterocycles. The van der Waals surface area contributed by atoms with Gasteiger partial charge in [0.25, 0.3) is 0 Å². The first-order valence-corrected chi connectivity index (χ1v) is 10.5. The summed E-state index contributed by atoms with van der Waals surface area (Å²) in [5, 5.41) is 3.20. The molecule has 1 amide bonds. The van der Waals surface area contributed by atoms with Crippen molar-refractivity contribution in [1.29, 1.82) is 0 Å². The average Bonchev–Trinajstić information content (AvgIpc) is 2.77. The van der Waals surface area contributed by atoms with E-state index in [9.17, 15) is 9.18 Å². The van der Waals surface area contributed by atoms with Gasteiger partial charge in [-0.2, -0.15) is 0 Å². The molecule has 32 heavy (non-hydrogen) atoms. The van der Waals surface area contributed by atoms with Crippen molar-refractivity contribution in [3.8, 4) is 11.5 Å². The highest BCUT2D eigenvalue weighted by atomic mass is 127. The van der Waals surface area contributed by atoms with Crippen molar-refractivity contribution in [3.63, 3.8) is 0 Å². The second-order valence-corrected chi connectivity index (χ2v) is 7.30. The van der Waals surface area contributed by atoms with Crippen LogP contribution in [0.4, 0.5) is 9.18 Å². The molecule has 0 unspecified atom stereocenters. The van der Waals surface area contributed by atoms with Gasteiger partial charge >= 0.3 is 6.09 Å². The van der Waals surface area contributed by atoms with Crippen LogP contribution in [0.1, 0.15) is 25.3 Å². The standard InChI is InChI=1S/C23H29FN4O3.HI/c1-2-30-23(29)28-14-11-18(12-15-28)27-22(25)26-13-10-17-8-9-21(20(24)16-17)31-19-6-4-3-5-7-19;/h3-9,16,18H,2,10-15H2,1H3,(H3,25,26,27);1H. The zero-order chi connectivity index (χ0) is 22.1. The second-order valence-electron chi connectivity index (χ2n) is 7.30. The van der Waals surface area contributed by atoms with Gasteiger partial charge in [-0.15, -0.1) is 24.0 Å². The quantitative estimate of drug-likeness (QED) is 0.302. The molecule has 174 valence electrons. The Morgan fingerprint density at radius 1 is 1.22 bits per heavy atom. The third-order valence-electron chi connectivity index (χ3n) is 5.02. The van der Waals surface area contributed by atoms with Crippen molar-refractivity contribution in [2.45, 2.75) is 32.2 Å². The highest BCUT2D eigenvalue weighted by molar-refractivity contribution is 14.0. The molecule has 9 heteroatoms. The number of amides is 1. The van der Waals surface area contributed by atoms with E-state index in [0.717, 1.165) is 18.4 Å². The molecular formula is C23H30FIN4O3. The van der Waals surface area contributed by atoms with E-state index in [1.807, 2.05) is 24.3 Å². The number of piperidine rings is 1. The molecular weight excluding hydrogens is 526 g/mol. The van der Waals surface area contributed by atoms with Gasteiger partial charge in [-0.3, -0.25) is 4.99 Å². The molecule has 0 bridgehead atoms. The average molecular weight is 556 g/mol. The van der Waals surface area contributed by atoms with Crippen molar-refractivity contribution >= 4 is 36.0 Å². The third kappa shape index (κ3) is 7.85. The van der Waals surface area contributed by atoms with E-state index in [1.165, 1.54) is 6.07 Å². The lowest BCUT2D eigenvalue weighted by molar-refractivity contribution is 0.0963. The Morgan fingerprint density at radius 3 is 2.59 bits per heavy atom. The number of nitrogens with one attached hydrogen (secondary N) is 1. The molecule has 0 spiro atoms. The summed E-state index contributed by atoms with van der Waals surface area (Å²) in [5.41, 5.74) is 6.81. The monoisotopic (exact) mass is 556 g/mol. The summed E-state index contributed by atoms with van der Waals surface area (Å²) in [7, 11) is 0. The number of para-hydroxylation sites is 1. The number of carbonyl (C=O) groups is 1. The Hall–Kier alpha value is -2.56. The van der Waals surface area contributed by atoms with E-state index < -0.39 is 5.82 Å². The maximum absolute atomic E-state index is 14.3. The molecule has 2 aromatic carbocycles. The number of benzene rings is 2. The van der Waals surface area contributed by atoms with Gasteiger partial charge in [0.2, 0.25) is 0 Å². The summed E-state index contributed by atoms with van der Waals surface area (Å²) in [5.74, 6) is 0.725. The Morgan fingerprint density at radius 2 is 1.94 bits per heavy atom. The lowest BCUT2D eigenvalue weighted by atomic mass is 10.1. The van der Waals surface area contributed by atoms with Crippen LogP contribution in [0.25, 0.3) is 0 Å². The van der Waals surface area contributed by atoms with Crippen molar-refractivity contribution < 1.29 is 18.7 Å². The van der Waals surface area contributed by atoms with Crippen LogP contribution in [0.3, 0.4) is 0 Å². The molecule has 0 radical (unpaired) electrons. The molecule has 3 rings (SSSR count). The van der Waals surface area contributed by atoms with Crippen molar-refractivity contribution in [2.24, 2.45) is 10.7 Å². The minimum atomic E-state index is -0.412. The van der Waals surface area contributed by atoms with E-state index in [0.29, 0.717) is 44.4 Å². The fourth-order valence-electron chi connectivity index (χ4n) is 3.38. The number of nitrogens with zero attached hydrogens (tertiary/aromatic N) is 2. The van der Waals surface area contributed by atoms with Crippen LogP contribution in [-0.4, -0.2) is 49.2 Å². The van der Waals surface area contributed by atoms with Crippen LogP contribution in [0, 0.1) is 5.82 Å². The van der Waals surface area contributed by atoms with Crippen LogP contribution in [-0.2, 0) is 11.2 Å². The smallest absolute Gasteiger partial charge is 0.409 e. The number of hydrogen-bond acceptors (Lipinski definition) is 4. The maximum Gasteiger partial charge on any atom is 0.409 e. The van der Waals surface area contributed by atoms with E-state index in [-0.39, 0.29) is 41.9 Å². The van der Waals surface area contributed by atoms with E-state index in [1.54, 1.807) is 30.0 Å². The molecule has 3 N–H and O–H groups in total. The van der Waals surface area contributed by atoms with Gasteiger partial charge in [0.15, 0.2) is 17.5 Å². The molecule has 1 aliphatic heterocycles. The number of nitrogens with two attached hydrogens (primary N) is 1. The number of carbonyl (C=O) groups excluding carboxylic acids is 1. The predicted octanol–water partition coefficient (Wildman–Crippen LogP) is 4.30. The summed E-state index contributed by atoms with van der Waals surface area (Å²) in [4.78, 5) is 17.8. The Bertz CT molecular complexity index is 890. The maximum atomic E-state index is 14.3. The van der Waals surface area contributed by atoms with Gasteiger partial charge in [0.05, 0.1) is 6.61 Å². The Kier molecular flexibility index (Phi) is 10.5. The molecule has 2 aromatic rings. The molecule has 1 saturated heterocycles. The predicted molar refractivity (Wildman–Crippen MR) is 133 cm³/mol. The molecule has 1 aliphatic rings. The fourth-order valence-corrected chi connectivity index (χ4v) is 3.38. The number of halogens is 2. The number of ether oxygens (including phenoxy) is 2. The van der Waals surface area contributed by atoms with Crippen molar-refractivity contribution in [1.82, 2.24) is 10.2 Å². The van der Waals surface area contributed by atoms with Crippen LogP contribution in [0.5, 0.6) is 11.5 Å². The lowest BCUT2D eigenvalue weighted by Crippen LogP contribution is -2.48. The summed E-state index contributed by atoms with van der Waals surface area (Å²) >= 11 is 0. The summed E-state index contributed by atoms with van der Waals surface area (Å²) in [6.07, 6.45) is 1.85. The van der Waals surface area contributed by atoms with Crippen LogP contribution >= 0.6 is 24.0 Å². The minimum absolute atomic E-state index is 0. The third-order valence-corrected chi connectivity index (χ3v) is 5.02. The van der Waals surface area contributed by atoms with Crippen molar-refractivity contribution in [2.75, 3.05) is 26.2 Å². The normalized spacial score (nSPS) is 14.4. The molecule has 7 nitrogen and oxygen atoms in total. The van der Waals surface area contributed by atoms with Gasteiger partial charge in [-0.05, 0) is 56.0 Å². The number of aliphatic imine (C=N–C) groups is 1. The van der Waals surface area contributed by atoms with Gasteiger partial charge < -0.3 is 25.4 Å². The number of rotatable bonds is 7. The molecule has 1 fully saturated rings. The topological polar surface area (TPSA) is 89.2 Å². The summed E-state index contributed by atoms with van der Waals surface area (Å²) in [6.45, 7) is 3.87. The molecule has 0 aliphatic carbocycles. The fraction of sp³-hybridized carbons (Fsp3) is 0.391. The van der Waals surface area contributed by atoms with Crippen molar-refractivity contribution in [3.05, 3.63) is 59.9 Å². The highest BCUT2D eigenvalue weighted by Gasteiger charge is 2.23. The number of likely N-dealkylation sites (tertiary alicyclic amines) is 1. The van der Waals surface area contributed by atoms with Gasteiger partial charge in [0, 0.05) is 25.7 Å². The first-order valence-electron chi connectivity index (χ1n) is 10.5. The van der Waals surface area contributed by atoms with E-state index in [2.05, 4.69) is 10.3 Å². The first kappa shape index (κ1) is 25.7. The van der Waals surface area contributed by atoms with E-state index >= 15 is 0 Å². The largest absolute Gasteiger partial charge is 0.454 e. The summed E-state index contributed by atoms with van der Waals surface area (Å²) < 4.78 is 24.9. The van der Waals surface area contributed by atoms with Crippen LogP contribution in [0.2, 0.25) is 0 Å². The summed E-state index contributed by atoms with van der Waals surface area (Å²) in [6, 6.07) is 14.2.